The zero-order chi connectivity index (χ0) is 20.2. The van der Waals surface area contributed by atoms with Crippen LogP contribution in [0.2, 0.25) is 5.02 Å². The molecule has 1 aromatic heterocycles. The van der Waals surface area contributed by atoms with E-state index in [0.717, 1.165) is 5.56 Å². The Labute approximate surface area is 171 Å². The van der Waals surface area contributed by atoms with Crippen LogP contribution in [0.15, 0.2) is 64.1 Å². The lowest BCUT2D eigenvalue weighted by molar-refractivity contribution is -0.130. The highest BCUT2D eigenvalue weighted by Gasteiger charge is 2.27. The van der Waals surface area contributed by atoms with Crippen LogP contribution in [-0.4, -0.2) is 31.9 Å². The van der Waals surface area contributed by atoms with E-state index in [1.807, 2.05) is 18.2 Å². The van der Waals surface area contributed by atoms with Gasteiger partial charge in [0, 0.05) is 5.56 Å². The van der Waals surface area contributed by atoms with Gasteiger partial charge in [-0.15, -0.1) is 0 Å². The molecule has 0 saturated carbocycles. The summed E-state index contributed by atoms with van der Waals surface area (Å²) in [5, 5.41) is 4.41. The number of rotatable bonds is 5. The Morgan fingerprint density at radius 3 is 2.83 bits per heavy atom. The highest BCUT2D eigenvalue weighted by Crippen LogP contribution is 2.31. The first-order valence-corrected chi connectivity index (χ1v) is 9.17. The van der Waals surface area contributed by atoms with E-state index in [9.17, 15) is 4.79 Å². The fraction of sp³-hybridized carbons (Fsp3) is 0.143. The molecule has 0 bridgehead atoms. The summed E-state index contributed by atoms with van der Waals surface area (Å²) >= 11 is 6.15. The van der Waals surface area contributed by atoms with E-state index in [1.54, 1.807) is 43.5 Å². The molecule has 0 radical (unpaired) electrons. The third kappa shape index (κ3) is 4.20. The van der Waals surface area contributed by atoms with Gasteiger partial charge in [-0.1, -0.05) is 23.7 Å². The first kappa shape index (κ1) is 18.9. The van der Waals surface area contributed by atoms with Crippen molar-refractivity contribution in [3.8, 4) is 28.6 Å². The lowest BCUT2D eigenvalue weighted by Gasteiger charge is -2.24. The summed E-state index contributed by atoms with van der Waals surface area (Å²) in [5.74, 6) is 2.40. The SMILES string of the molecule is COc1ccc(-c2ccc(/C=N\NC(=O)[C@@H]3COc4ccccc4O3)o2)cc1Cl. The lowest BCUT2D eigenvalue weighted by atomic mass is 10.2. The summed E-state index contributed by atoms with van der Waals surface area (Å²) in [4.78, 5) is 12.2. The Bertz CT molecular complexity index is 1060. The molecule has 4 rings (SSSR count). The highest BCUT2D eigenvalue weighted by atomic mass is 35.5. The Kier molecular flexibility index (Phi) is 5.39. The Balaban J connectivity index is 1.37. The van der Waals surface area contributed by atoms with Gasteiger partial charge in [-0.3, -0.25) is 4.79 Å². The molecule has 2 aromatic carbocycles. The molecule has 148 valence electrons. The number of benzene rings is 2. The minimum absolute atomic E-state index is 0.113. The van der Waals surface area contributed by atoms with Crippen molar-refractivity contribution in [1.29, 1.82) is 0 Å². The molecule has 0 unspecified atom stereocenters. The summed E-state index contributed by atoms with van der Waals surface area (Å²) in [7, 11) is 1.56. The number of nitrogens with one attached hydrogen (secondary N) is 1. The molecule has 0 spiro atoms. The molecular formula is C21H17ClN2O5. The van der Waals surface area contributed by atoms with Gasteiger partial charge in [0.05, 0.1) is 18.3 Å². The minimum atomic E-state index is -0.782. The number of furan rings is 1. The Hall–Kier alpha value is -3.45. The number of ether oxygens (including phenoxy) is 3. The fourth-order valence-corrected chi connectivity index (χ4v) is 3.03. The average Bonchev–Trinajstić information content (AvgIpc) is 3.22. The molecule has 0 fully saturated rings. The first-order valence-electron chi connectivity index (χ1n) is 8.79. The van der Waals surface area contributed by atoms with Crippen LogP contribution in [-0.2, 0) is 4.79 Å². The standard InChI is InChI=1S/C21H17ClN2O5/c1-26-17-8-6-13(10-15(17)22)16-9-7-14(28-16)11-23-24-21(25)20-12-27-18-4-2-3-5-19(18)29-20/h2-11,20H,12H2,1H3,(H,24,25)/b23-11-/t20-/m0/s1. The number of halogens is 1. The van der Waals surface area contributed by atoms with Crippen LogP contribution < -0.4 is 19.6 Å². The maximum Gasteiger partial charge on any atom is 0.284 e. The predicted molar refractivity (Wildman–Crippen MR) is 108 cm³/mol. The van der Waals surface area contributed by atoms with Crippen LogP contribution in [0.5, 0.6) is 17.2 Å². The van der Waals surface area contributed by atoms with Crippen molar-refractivity contribution in [3.63, 3.8) is 0 Å². The van der Waals surface area contributed by atoms with Crippen LogP contribution in [0.4, 0.5) is 0 Å². The summed E-state index contributed by atoms with van der Waals surface area (Å²) in [5.41, 5.74) is 3.23. The van der Waals surface area contributed by atoms with Crippen molar-refractivity contribution in [2.24, 2.45) is 5.10 Å². The summed E-state index contributed by atoms with van der Waals surface area (Å²) in [6.07, 6.45) is 0.625. The molecule has 1 aliphatic rings. The molecule has 0 saturated heterocycles. The molecular weight excluding hydrogens is 396 g/mol. The highest BCUT2D eigenvalue weighted by molar-refractivity contribution is 6.32. The van der Waals surface area contributed by atoms with E-state index >= 15 is 0 Å². The van der Waals surface area contributed by atoms with E-state index in [2.05, 4.69) is 10.5 Å². The average molecular weight is 413 g/mol. The second-order valence-electron chi connectivity index (χ2n) is 6.15. The second-order valence-corrected chi connectivity index (χ2v) is 6.56. The molecule has 1 N–H and O–H groups in total. The number of nitrogens with zero attached hydrogens (tertiary/aromatic N) is 1. The zero-order valence-electron chi connectivity index (χ0n) is 15.4. The number of hydrogen-bond donors (Lipinski definition) is 1. The van der Waals surface area contributed by atoms with Crippen molar-refractivity contribution in [1.82, 2.24) is 5.43 Å². The number of hydrogen-bond acceptors (Lipinski definition) is 6. The van der Waals surface area contributed by atoms with Gasteiger partial charge >= 0.3 is 0 Å². The smallest absolute Gasteiger partial charge is 0.284 e. The Morgan fingerprint density at radius 2 is 2.03 bits per heavy atom. The summed E-state index contributed by atoms with van der Waals surface area (Å²) in [6.45, 7) is 0.113. The second kappa shape index (κ2) is 8.28. The minimum Gasteiger partial charge on any atom is -0.495 e. The van der Waals surface area contributed by atoms with Crippen molar-refractivity contribution in [3.05, 3.63) is 65.4 Å². The van der Waals surface area contributed by atoms with Crippen LogP contribution in [0.3, 0.4) is 0 Å². The molecule has 2 heterocycles. The number of methoxy groups -OCH3 is 1. The number of para-hydroxylation sites is 2. The first-order chi connectivity index (χ1) is 14.1. The number of fused-ring (bicyclic) bond motifs is 1. The van der Waals surface area contributed by atoms with Gasteiger partial charge in [0.1, 0.15) is 23.9 Å². The third-order valence-electron chi connectivity index (χ3n) is 4.23. The fourth-order valence-electron chi connectivity index (χ4n) is 2.78. The molecule has 1 amide bonds. The summed E-state index contributed by atoms with van der Waals surface area (Å²) in [6, 6.07) is 16.1. The lowest BCUT2D eigenvalue weighted by Crippen LogP contribution is -2.42. The molecule has 29 heavy (non-hydrogen) atoms. The van der Waals surface area contributed by atoms with Gasteiger partial charge in [-0.25, -0.2) is 5.43 Å². The van der Waals surface area contributed by atoms with E-state index in [-0.39, 0.29) is 6.61 Å². The van der Waals surface area contributed by atoms with Crippen molar-refractivity contribution >= 4 is 23.7 Å². The maximum atomic E-state index is 12.2. The Morgan fingerprint density at radius 1 is 1.21 bits per heavy atom. The normalized spacial score (nSPS) is 15.3. The molecule has 1 aliphatic heterocycles. The van der Waals surface area contributed by atoms with Gasteiger partial charge in [0.25, 0.3) is 5.91 Å². The summed E-state index contributed by atoms with van der Waals surface area (Å²) < 4.78 is 22.0. The zero-order valence-corrected chi connectivity index (χ0v) is 16.2. The predicted octanol–water partition coefficient (Wildman–Crippen LogP) is 3.90. The van der Waals surface area contributed by atoms with E-state index in [1.165, 1.54) is 6.21 Å². The number of carbonyl (C=O) groups is 1. The maximum absolute atomic E-state index is 12.2. The van der Waals surface area contributed by atoms with Gasteiger partial charge < -0.3 is 18.6 Å². The van der Waals surface area contributed by atoms with Crippen LogP contribution in [0.1, 0.15) is 5.76 Å². The topological polar surface area (TPSA) is 82.3 Å². The molecule has 3 aromatic rings. The van der Waals surface area contributed by atoms with E-state index < -0.39 is 12.0 Å². The van der Waals surface area contributed by atoms with E-state index in [0.29, 0.717) is 33.8 Å². The largest absolute Gasteiger partial charge is 0.495 e. The van der Waals surface area contributed by atoms with E-state index in [4.69, 9.17) is 30.2 Å². The van der Waals surface area contributed by atoms with Gasteiger partial charge in [-0.2, -0.15) is 5.10 Å². The van der Waals surface area contributed by atoms with Crippen LogP contribution in [0.25, 0.3) is 11.3 Å². The van der Waals surface area contributed by atoms with Crippen LogP contribution >= 0.6 is 11.6 Å². The van der Waals surface area contributed by atoms with Crippen LogP contribution in [0, 0.1) is 0 Å². The molecule has 0 aliphatic carbocycles. The monoisotopic (exact) mass is 412 g/mol. The number of hydrazone groups is 1. The molecule has 1 atom stereocenters. The van der Waals surface area contributed by atoms with Gasteiger partial charge in [0.2, 0.25) is 6.10 Å². The molecule has 7 nitrogen and oxygen atoms in total. The van der Waals surface area contributed by atoms with Gasteiger partial charge in [-0.05, 0) is 42.5 Å². The molecule has 8 heteroatoms. The van der Waals surface area contributed by atoms with Crippen molar-refractivity contribution in [2.45, 2.75) is 6.10 Å². The quantitative estimate of drug-likeness (QED) is 0.507. The van der Waals surface area contributed by atoms with Crippen molar-refractivity contribution < 1.29 is 23.4 Å². The third-order valence-corrected chi connectivity index (χ3v) is 4.53. The van der Waals surface area contributed by atoms with Gasteiger partial charge in [0.15, 0.2) is 11.5 Å². The number of carbonyl (C=O) groups excluding carboxylic acids is 1. The number of amides is 1. The van der Waals surface area contributed by atoms with Crippen molar-refractivity contribution in [2.75, 3.05) is 13.7 Å².